The van der Waals surface area contributed by atoms with Crippen LogP contribution in [0, 0.1) is 0 Å². The second kappa shape index (κ2) is 8.70. The quantitative estimate of drug-likeness (QED) is 0.626. The van der Waals surface area contributed by atoms with Crippen LogP contribution in [0.1, 0.15) is 32.6 Å². The lowest BCUT2D eigenvalue weighted by Gasteiger charge is -2.35. The molecule has 0 aromatic heterocycles. The lowest BCUT2D eigenvalue weighted by molar-refractivity contribution is -0.122. The van der Waals surface area contributed by atoms with Crippen LogP contribution >= 0.6 is 0 Å². The third-order valence-electron chi connectivity index (χ3n) is 6.65. The molecule has 0 fully saturated rings. The van der Waals surface area contributed by atoms with Crippen LogP contribution in [0.3, 0.4) is 0 Å². The molecule has 2 amide bonds. The number of hydrogen-bond acceptors (Lipinski definition) is 4. The highest BCUT2D eigenvalue weighted by atomic mass is 32.2. The molecule has 0 spiro atoms. The molecule has 0 aliphatic carbocycles. The summed E-state index contributed by atoms with van der Waals surface area (Å²) in [6.07, 6.45) is 0.976. The van der Waals surface area contributed by atoms with Crippen LogP contribution in [0.5, 0.6) is 0 Å². The number of carbonyl (C=O) groups excluding carboxylic acids is 2. The predicted octanol–water partition coefficient (Wildman–Crippen LogP) is 2.49. The molecule has 3 aromatic rings. The van der Waals surface area contributed by atoms with Gasteiger partial charge < -0.3 is 10.6 Å². The molecule has 34 heavy (non-hydrogen) atoms. The van der Waals surface area contributed by atoms with Crippen molar-refractivity contribution in [2.24, 2.45) is 5.73 Å². The van der Waals surface area contributed by atoms with Crippen LogP contribution in [0.15, 0.2) is 77.7 Å². The summed E-state index contributed by atoms with van der Waals surface area (Å²) in [7, 11) is -3.80. The molecular formula is C26H25N3O4S. The Morgan fingerprint density at radius 3 is 2.18 bits per heavy atom. The number of fused-ring (bicyclic) bond motifs is 2. The van der Waals surface area contributed by atoms with Crippen LogP contribution in [0.25, 0.3) is 0 Å². The zero-order valence-electron chi connectivity index (χ0n) is 18.6. The van der Waals surface area contributed by atoms with Crippen LogP contribution in [-0.2, 0) is 40.7 Å². The fourth-order valence-corrected chi connectivity index (χ4v) is 6.24. The Labute approximate surface area is 198 Å². The molecule has 0 radical (unpaired) electrons. The molecule has 1 atom stereocenters. The van der Waals surface area contributed by atoms with E-state index in [4.69, 9.17) is 5.73 Å². The summed E-state index contributed by atoms with van der Waals surface area (Å²) in [5.41, 5.74) is 9.92. The maximum atomic E-state index is 13.5. The molecule has 0 saturated carbocycles. The zero-order chi connectivity index (χ0) is 23.9. The van der Waals surface area contributed by atoms with E-state index in [0.717, 1.165) is 22.3 Å². The number of carbonyl (C=O) groups is 2. The van der Waals surface area contributed by atoms with Gasteiger partial charge in [-0.25, -0.2) is 8.42 Å². The van der Waals surface area contributed by atoms with Gasteiger partial charge in [0.1, 0.15) is 6.04 Å². The number of sulfonamides is 1. The molecule has 2 heterocycles. The normalized spacial score (nSPS) is 18.1. The van der Waals surface area contributed by atoms with Gasteiger partial charge in [0.2, 0.25) is 15.9 Å². The minimum Gasteiger partial charge on any atom is -0.368 e. The summed E-state index contributed by atoms with van der Waals surface area (Å²) in [6.45, 7) is 0.913. The number of nitrogens with two attached hydrogens (primary N) is 1. The highest BCUT2D eigenvalue weighted by Crippen LogP contribution is 2.28. The van der Waals surface area contributed by atoms with E-state index in [1.54, 1.807) is 12.1 Å². The van der Waals surface area contributed by atoms with Crippen LogP contribution < -0.4 is 5.73 Å². The Kier molecular flexibility index (Phi) is 5.71. The number of amides is 2. The molecule has 0 saturated heterocycles. The van der Waals surface area contributed by atoms with E-state index in [-0.39, 0.29) is 17.0 Å². The van der Waals surface area contributed by atoms with Crippen molar-refractivity contribution >= 4 is 21.8 Å². The van der Waals surface area contributed by atoms with Crippen molar-refractivity contribution in [3.8, 4) is 0 Å². The fraction of sp³-hybridized carbons (Fsp3) is 0.231. The van der Waals surface area contributed by atoms with E-state index < -0.39 is 27.9 Å². The van der Waals surface area contributed by atoms with Crippen molar-refractivity contribution in [1.82, 2.24) is 9.21 Å². The number of rotatable bonds is 4. The highest BCUT2D eigenvalue weighted by molar-refractivity contribution is 7.89. The first-order chi connectivity index (χ1) is 16.3. The summed E-state index contributed by atoms with van der Waals surface area (Å²) in [4.78, 5) is 27.1. The summed E-state index contributed by atoms with van der Waals surface area (Å²) >= 11 is 0. The summed E-state index contributed by atoms with van der Waals surface area (Å²) < 4.78 is 28.3. The summed E-state index contributed by atoms with van der Waals surface area (Å²) in [6, 6.07) is 20.7. The van der Waals surface area contributed by atoms with E-state index in [0.29, 0.717) is 25.9 Å². The molecule has 0 bridgehead atoms. The second-order valence-corrected chi connectivity index (χ2v) is 10.6. The van der Waals surface area contributed by atoms with Crippen molar-refractivity contribution in [1.29, 1.82) is 0 Å². The van der Waals surface area contributed by atoms with E-state index in [1.807, 2.05) is 48.5 Å². The van der Waals surface area contributed by atoms with E-state index in [2.05, 4.69) is 0 Å². The minimum absolute atomic E-state index is 0.0609. The van der Waals surface area contributed by atoms with Gasteiger partial charge in [-0.2, -0.15) is 4.31 Å². The molecule has 7 nitrogen and oxygen atoms in total. The van der Waals surface area contributed by atoms with Gasteiger partial charge in [0.25, 0.3) is 5.91 Å². The average molecular weight is 476 g/mol. The fourth-order valence-electron chi connectivity index (χ4n) is 4.77. The van der Waals surface area contributed by atoms with E-state index in [9.17, 15) is 18.0 Å². The molecule has 174 valence electrons. The summed E-state index contributed by atoms with van der Waals surface area (Å²) in [5.74, 6) is -1.00. The molecule has 2 aliphatic rings. The second-order valence-electron chi connectivity index (χ2n) is 8.71. The van der Waals surface area contributed by atoms with Gasteiger partial charge in [0.05, 0.1) is 4.90 Å². The lowest BCUT2D eigenvalue weighted by Crippen LogP contribution is -2.51. The van der Waals surface area contributed by atoms with Gasteiger partial charge in [0.15, 0.2) is 0 Å². The van der Waals surface area contributed by atoms with Gasteiger partial charge in [-0.1, -0.05) is 54.6 Å². The smallest absolute Gasteiger partial charge is 0.254 e. The molecule has 3 aromatic carbocycles. The number of primary amides is 1. The number of hydrogen-bond donors (Lipinski definition) is 1. The maximum Gasteiger partial charge on any atom is 0.254 e. The Morgan fingerprint density at radius 1 is 0.824 bits per heavy atom. The number of nitrogens with zero attached hydrogens (tertiary/aromatic N) is 2. The third kappa shape index (κ3) is 3.99. The Morgan fingerprint density at radius 2 is 1.47 bits per heavy atom. The molecule has 2 aliphatic heterocycles. The Hall–Kier alpha value is -3.49. The first-order valence-corrected chi connectivity index (χ1v) is 12.6. The molecular weight excluding hydrogens is 450 g/mol. The largest absolute Gasteiger partial charge is 0.368 e. The minimum atomic E-state index is -3.80. The molecule has 5 rings (SSSR count). The SMILES string of the molecule is NC(=O)[C@H]1Cc2ccccc2CN1C(=O)c1cccc(S(=O)(=O)N2CCc3ccccc3C2)c1. The Balaban J connectivity index is 1.44. The average Bonchev–Trinajstić information content (AvgIpc) is 2.87. The van der Waals surface area contributed by atoms with Crippen molar-refractivity contribution in [3.05, 3.63) is 101 Å². The molecule has 0 unspecified atom stereocenters. The van der Waals surface area contributed by atoms with Crippen LogP contribution in [-0.4, -0.2) is 42.0 Å². The van der Waals surface area contributed by atoms with Crippen molar-refractivity contribution in [2.45, 2.75) is 36.9 Å². The van der Waals surface area contributed by atoms with Gasteiger partial charge in [0, 0.05) is 31.6 Å². The van der Waals surface area contributed by atoms with Gasteiger partial charge in [-0.15, -0.1) is 0 Å². The topological polar surface area (TPSA) is 101 Å². The number of benzene rings is 3. The predicted molar refractivity (Wildman–Crippen MR) is 127 cm³/mol. The highest BCUT2D eigenvalue weighted by Gasteiger charge is 2.35. The first-order valence-electron chi connectivity index (χ1n) is 11.2. The van der Waals surface area contributed by atoms with Gasteiger partial charge in [-0.3, -0.25) is 9.59 Å². The summed E-state index contributed by atoms with van der Waals surface area (Å²) in [5, 5.41) is 0. The van der Waals surface area contributed by atoms with Crippen molar-refractivity contribution in [3.63, 3.8) is 0 Å². The maximum absolute atomic E-state index is 13.5. The van der Waals surface area contributed by atoms with Crippen molar-refractivity contribution < 1.29 is 18.0 Å². The zero-order valence-corrected chi connectivity index (χ0v) is 19.4. The standard InChI is InChI=1S/C26H25N3O4S/c27-25(30)24-15-19-7-2-4-9-22(19)17-29(24)26(31)20-10-5-11-23(14-20)34(32,33)28-13-12-18-6-1-3-8-21(18)16-28/h1-11,14,24H,12-13,15-17H2,(H2,27,30)/t24-/m1/s1. The monoisotopic (exact) mass is 475 g/mol. The van der Waals surface area contributed by atoms with Gasteiger partial charge >= 0.3 is 0 Å². The van der Waals surface area contributed by atoms with E-state index >= 15 is 0 Å². The van der Waals surface area contributed by atoms with Crippen LogP contribution in [0.4, 0.5) is 0 Å². The van der Waals surface area contributed by atoms with Crippen molar-refractivity contribution in [2.75, 3.05) is 6.54 Å². The molecule has 8 heteroatoms. The van der Waals surface area contributed by atoms with Crippen LogP contribution in [0.2, 0.25) is 0 Å². The van der Waals surface area contributed by atoms with E-state index in [1.165, 1.54) is 21.3 Å². The lowest BCUT2D eigenvalue weighted by atomic mass is 9.93. The molecule has 2 N–H and O–H groups in total. The Bertz CT molecular complexity index is 1390. The third-order valence-corrected chi connectivity index (χ3v) is 8.49. The first kappa shape index (κ1) is 22.3. The van der Waals surface area contributed by atoms with Gasteiger partial charge in [-0.05, 0) is 46.9 Å².